The molecule has 2 N–H and O–H groups in total. The van der Waals surface area contributed by atoms with E-state index in [1.54, 1.807) is 19.6 Å². The predicted molar refractivity (Wildman–Crippen MR) is 104 cm³/mol. The lowest BCUT2D eigenvalue weighted by atomic mass is 10.1. The summed E-state index contributed by atoms with van der Waals surface area (Å²) < 4.78 is 3.95. The van der Waals surface area contributed by atoms with Crippen LogP contribution < -0.4 is 10.6 Å². The largest absolute Gasteiger partial charge is 0.352 e. The molecule has 4 rings (SSSR count). The Morgan fingerprint density at radius 1 is 1.00 bits per heavy atom. The van der Waals surface area contributed by atoms with Crippen molar-refractivity contribution in [2.75, 3.05) is 7.05 Å². The van der Waals surface area contributed by atoms with Gasteiger partial charge in [-0.25, -0.2) is 4.98 Å². The van der Waals surface area contributed by atoms with E-state index < -0.39 is 0 Å². The fourth-order valence-electron chi connectivity index (χ4n) is 2.89. The first kappa shape index (κ1) is 16.8. The number of rotatable bonds is 5. The number of benzene rings is 1. The number of nitrogens with one attached hydrogen (secondary N) is 2. The highest BCUT2D eigenvalue weighted by molar-refractivity contribution is 5.79. The van der Waals surface area contributed by atoms with E-state index in [-0.39, 0.29) is 0 Å². The Morgan fingerprint density at radius 3 is 2.70 bits per heavy atom. The summed E-state index contributed by atoms with van der Waals surface area (Å²) >= 11 is 0. The topological polar surface area (TPSA) is 84.4 Å². The van der Waals surface area contributed by atoms with Gasteiger partial charge in [0.15, 0.2) is 17.4 Å². The molecule has 0 saturated carbocycles. The van der Waals surface area contributed by atoms with Gasteiger partial charge in [-0.05, 0) is 23.8 Å². The molecule has 3 heterocycles. The molecule has 0 bridgehead atoms. The summed E-state index contributed by atoms with van der Waals surface area (Å²) in [5.41, 5.74) is 3.05. The second-order valence-electron chi connectivity index (χ2n) is 5.92. The van der Waals surface area contributed by atoms with Crippen LogP contribution in [0.4, 0.5) is 0 Å². The van der Waals surface area contributed by atoms with Crippen LogP contribution in [-0.4, -0.2) is 37.2 Å². The number of aliphatic imine (C=N–C) groups is 1. The van der Waals surface area contributed by atoms with Crippen molar-refractivity contribution in [3.05, 3.63) is 78.8 Å². The average Bonchev–Trinajstić information content (AvgIpc) is 3.39. The van der Waals surface area contributed by atoms with E-state index in [0.29, 0.717) is 19.0 Å². The lowest BCUT2D eigenvalue weighted by Gasteiger charge is -2.14. The van der Waals surface area contributed by atoms with Crippen LogP contribution in [0.2, 0.25) is 0 Å². The summed E-state index contributed by atoms with van der Waals surface area (Å²) in [6.45, 7) is 1.16. The number of hydrogen-bond donors (Lipinski definition) is 2. The first-order valence-corrected chi connectivity index (χ1v) is 8.64. The fourth-order valence-corrected chi connectivity index (χ4v) is 2.89. The molecule has 1 aromatic carbocycles. The zero-order valence-electron chi connectivity index (χ0n) is 14.9. The molecule has 0 fully saturated rings. The third kappa shape index (κ3) is 3.64. The van der Waals surface area contributed by atoms with E-state index in [9.17, 15) is 0 Å². The molecule has 0 saturated heterocycles. The lowest BCUT2D eigenvalue weighted by Crippen LogP contribution is -2.37. The van der Waals surface area contributed by atoms with Crippen molar-refractivity contribution < 1.29 is 0 Å². The van der Waals surface area contributed by atoms with Crippen molar-refractivity contribution >= 4 is 11.6 Å². The second-order valence-corrected chi connectivity index (χ2v) is 5.92. The van der Waals surface area contributed by atoms with Crippen LogP contribution in [0.5, 0.6) is 0 Å². The number of aromatic nitrogens is 5. The lowest BCUT2D eigenvalue weighted by molar-refractivity contribution is 0.761. The van der Waals surface area contributed by atoms with Gasteiger partial charge in [0.2, 0.25) is 0 Å². The first-order valence-electron chi connectivity index (χ1n) is 8.64. The van der Waals surface area contributed by atoms with E-state index >= 15 is 0 Å². The molecular formula is C19H20N8. The van der Waals surface area contributed by atoms with Gasteiger partial charge in [-0.3, -0.25) is 9.39 Å². The van der Waals surface area contributed by atoms with E-state index in [1.807, 2.05) is 51.7 Å². The minimum atomic E-state index is 0.522. The van der Waals surface area contributed by atoms with Crippen molar-refractivity contribution in [1.82, 2.24) is 34.8 Å². The van der Waals surface area contributed by atoms with Gasteiger partial charge < -0.3 is 15.2 Å². The van der Waals surface area contributed by atoms with Crippen LogP contribution in [-0.2, 0) is 13.1 Å². The average molecular weight is 360 g/mol. The van der Waals surface area contributed by atoms with E-state index in [0.717, 1.165) is 22.7 Å². The number of hydrogen-bond acceptors (Lipinski definition) is 4. The molecule has 0 radical (unpaired) electrons. The molecule has 136 valence electrons. The van der Waals surface area contributed by atoms with Crippen molar-refractivity contribution in [1.29, 1.82) is 0 Å². The molecule has 0 amide bonds. The van der Waals surface area contributed by atoms with E-state index in [4.69, 9.17) is 0 Å². The molecule has 0 spiro atoms. The van der Waals surface area contributed by atoms with Gasteiger partial charge in [-0.2, -0.15) is 0 Å². The van der Waals surface area contributed by atoms with Crippen molar-refractivity contribution in [2.45, 2.75) is 13.1 Å². The van der Waals surface area contributed by atoms with Crippen LogP contribution in [0.1, 0.15) is 11.4 Å². The Balaban J connectivity index is 1.42. The highest BCUT2D eigenvalue weighted by Crippen LogP contribution is 2.13. The van der Waals surface area contributed by atoms with Gasteiger partial charge in [0.25, 0.3) is 0 Å². The molecule has 4 aromatic rings. The number of guanidine groups is 1. The number of pyridine rings is 1. The molecular weight excluding hydrogens is 340 g/mol. The third-order valence-corrected chi connectivity index (χ3v) is 4.24. The molecule has 0 aliphatic heterocycles. The maximum absolute atomic E-state index is 4.29. The number of imidazole rings is 1. The first-order chi connectivity index (χ1) is 13.3. The Morgan fingerprint density at radius 2 is 1.85 bits per heavy atom. The molecule has 0 atom stereocenters. The van der Waals surface area contributed by atoms with Crippen molar-refractivity contribution in [3.63, 3.8) is 0 Å². The smallest absolute Gasteiger partial charge is 0.191 e. The molecule has 27 heavy (non-hydrogen) atoms. The SMILES string of the molecule is CN=C(NCc1ccccc1-n1ccnc1)NCc1nnc2ccccn12. The van der Waals surface area contributed by atoms with Crippen molar-refractivity contribution in [3.8, 4) is 5.69 Å². The molecule has 8 heteroatoms. The monoisotopic (exact) mass is 360 g/mol. The summed E-state index contributed by atoms with van der Waals surface area (Å²) in [5, 5.41) is 15.0. The molecule has 0 unspecified atom stereocenters. The maximum Gasteiger partial charge on any atom is 0.191 e. The minimum absolute atomic E-state index is 0.522. The zero-order chi connectivity index (χ0) is 18.5. The van der Waals surface area contributed by atoms with Gasteiger partial charge >= 0.3 is 0 Å². The summed E-state index contributed by atoms with van der Waals surface area (Å²) in [6.07, 6.45) is 7.45. The Labute approximate surface area is 156 Å². The van der Waals surface area contributed by atoms with Crippen LogP contribution in [0.3, 0.4) is 0 Å². The molecule has 0 aliphatic rings. The van der Waals surface area contributed by atoms with Crippen LogP contribution in [0.15, 0.2) is 72.4 Å². The quantitative estimate of drug-likeness (QED) is 0.419. The van der Waals surface area contributed by atoms with Gasteiger partial charge in [0, 0.05) is 32.2 Å². The number of para-hydroxylation sites is 1. The van der Waals surface area contributed by atoms with Gasteiger partial charge in [-0.1, -0.05) is 24.3 Å². The second kappa shape index (κ2) is 7.69. The summed E-state index contributed by atoms with van der Waals surface area (Å²) in [6, 6.07) is 14.0. The number of nitrogens with zero attached hydrogens (tertiary/aromatic N) is 6. The zero-order valence-corrected chi connectivity index (χ0v) is 14.9. The molecule has 0 aliphatic carbocycles. The highest BCUT2D eigenvalue weighted by atomic mass is 15.3. The Bertz CT molecular complexity index is 1050. The Kier molecular flexibility index (Phi) is 4.78. The van der Waals surface area contributed by atoms with Crippen LogP contribution in [0.25, 0.3) is 11.3 Å². The van der Waals surface area contributed by atoms with E-state index in [1.165, 1.54) is 0 Å². The predicted octanol–water partition coefficient (Wildman–Crippen LogP) is 1.78. The molecule has 3 aromatic heterocycles. The number of fused-ring (bicyclic) bond motifs is 1. The van der Waals surface area contributed by atoms with Gasteiger partial charge in [0.1, 0.15) is 0 Å². The standard InChI is InChI=1S/C19H20N8/c1-20-19(23-13-18-25-24-17-8-4-5-10-27(17)18)22-12-15-6-2-3-7-16(15)26-11-9-21-14-26/h2-11,14H,12-13H2,1H3,(H2,20,22,23). The normalized spacial score (nSPS) is 11.7. The van der Waals surface area contributed by atoms with Crippen LogP contribution >= 0.6 is 0 Å². The van der Waals surface area contributed by atoms with Gasteiger partial charge in [-0.15, -0.1) is 10.2 Å². The maximum atomic E-state index is 4.29. The van der Waals surface area contributed by atoms with E-state index in [2.05, 4.69) is 42.9 Å². The summed E-state index contributed by atoms with van der Waals surface area (Å²) in [7, 11) is 1.75. The van der Waals surface area contributed by atoms with Crippen LogP contribution in [0, 0.1) is 0 Å². The summed E-state index contributed by atoms with van der Waals surface area (Å²) in [5.74, 6) is 1.52. The third-order valence-electron chi connectivity index (χ3n) is 4.24. The van der Waals surface area contributed by atoms with Gasteiger partial charge in [0.05, 0.1) is 18.6 Å². The van der Waals surface area contributed by atoms with Crippen molar-refractivity contribution in [2.24, 2.45) is 4.99 Å². The summed E-state index contributed by atoms with van der Waals surface area (Å²) in [4.78, 5) is 8.42. The highest BCUT2D eigenvalue weighted by Gasteiger charge is 2.07. The Hall–Kier alpha value is -3.68. The fraction of sp³-hybridized carbons (Fsp3) is 0.158. The minimum Gasteiger partial charge on any atom is -0.352 e. The molecule has 8 nitrogen and oxygen atoms in total.